The van der Waals surface area contributed by atoms with Crippen molar-refractivity contribution in [3.63, 3.8) is 0 Å². The Morgan fingerprint density at radius 2 is 2.04 bits per heavy atom. The molecule has 2 amide bonds. The predicted octanol–water partition coefficient (Wildman–Crippen LogP) is 3.35. The van der Waals surface area contributed by atoms with Crippen molar-refractivity contribution in [3.05, 3.63) is 59.9 Å². The second-order valence-corrected chi connectivity index (χ2v) is 6.07. The number of aryl methyl sites for hydroxylation is 1. The van der Waals surface area contributed by atoms with Gasteiger partial charge in [-0.25, -0.2) is 9.78 Å². The van der Waals surface area contributed by atoms with Gasteiger partial charge in [-0.15, -0.1) is 0 Å². The molecule has 0 spiro atoms. The Hall–Kier alpha value is -3.33. The van der Waals surface area contributed by atoms with Crippen molar-refractivity contribution in [2.45, 2.75) is 19.5 Å². The number of hydrogen-bond donors (Lipinski definition) is 1. The first kappa shape index (κ1) is 15.2. The quantitative estimate of drug-likeness (QED) is 0.743. The van der Waals surface area contributed by atoms with Gasteiger partial charge in [-0.3, -0.25) is 0 Å². The third-order valence-electron chi connectivity index (χ3n) is 4.41. The number of amides is 2. The summed E-state index contributed by atoms with van der Waals surface area (Å²) in [5.41, 5.74) is 3.22. The van der Waals surface area contributed by atoms with Gasteiger partial charge in [0.2, 0.25) is 0 Å². The van der Waals surface area contributed by atoms with Gasteiger partial charge in [0.05, 0.1) is 29.2 Å². The molecule has 25 heavy (non-hydrogen) atoms. The minimum atomic E-state index is -0.171. The van der Waals surface area contributed by atoms with Crippen molar-refractivity contribution in [2.75, 3.05) is 11.9 Å². The first-order valence-corrected chi connectivity index (χ1v) is 8.25. The number of carbonyl (C=O) groups excluding carboxylic acids is 1. The molecular formula is C19H17N5O. The Morgan fingerprint density at radius 1 is 1.16 bits per heavy atom. The van der Waals surface area contributed by atoms with Gasteiger partial charge in [0, 0.05) is 18.8 Å². The summed E-state index contributed by atoms with van der Waals surface area (Å²) < 4.78 is 2.19. The normalized spacial score (nSPS) is 13.8. The molecule has 2 aromatic carbocycles. The fourth-order valence-electron chi connectivity index (χ4n) is 3.21. The van der Waals surface area contributed by atoms with Gasteiger partial charge in [0.25, 0.3) is 0 Å². The first-order valence-electron chi connectivity index (χ1n) is 8.25. The largest absolute Gasteiger partial charge is 0.326 e. The Morgan fingerprint density at radius 3 is 2.92 bits per heavy atom. The van der Waals surface area contributed by atoms with Gasteiger partial charge in [-0.05, 0) is 36.8 Å². The second-order valence-electron chi connectivity index (χ2n) is 6.07. The van der Waals surface area contributed by atoms with E-state index in [1.807, 2.05) is 18.2 Å². The molecule has 2 heterocycles. The monoisotopic (exact) mass is 331 g/mol. The summed E-state index contributed by atoms with van der Waals surface area (Å²) in [4.78, 5) is 19.1. The van der Waals surface area contributed by atoms with E-state index >= 15 is 0 Å². The number of nitrogens with one attached hydrogen (secondary N) is 1. The zero-order valence-electron chi connectivity index (χ0n) is 13.6. The van der Waals surface area contributed by atoms with E-state index in [-0.39, 0.29) is 6.03 Å². The first-order chi connectivity index (χ1) is 12.2. The van der Waals surface area contributed by atoms with Crippen molar-refractivity contribution in [3.8, 4) is 6.07 Å². The van der Waals surface area contributed by atoms with Crippen LogP contribution in [-0.4, -0.2) is 27.0 Å². The maximum absolute atomic E-state index is 12.6. The number of nitrogens with zero attached hydrogens (tertiary/aromatic N) is 4. The number of benzene rings is 2. The number of imidazole rings is 1. The molecule has 1 N–H and O–H groups in total. The number of rotatable bonds is 1. The average molecular weight is 331 g/mol. The highest BCUT2D eigenvalue weighted by molar-refractivity contribution is 5.89. The summed E-state index contributed by atoms with van der Waals surface area (Å²) in [6, 6.07) is 16.9. The van der Waals surface area contributed by atoms with Gasteiger partial charge in [-0.2, -0.15) is 5.26 Å². The van der Waals surface area contributed by atoms with Crippen LogP contribution in [-0.2, 0) is 13.1 Å². The lowest BCUT2D eigenvalue weighted by Gasteiger charge is -2.20. The van der Waals surface area contributed by atoms with Gasteiger partial charge >= 0.3 is 6.03 Å². The van der Waals surface area contributed by atoms with Crippen LogP contribution in [0.3, 0.4) is 0 Å². The molecule has 6 heteroatoms. The van der Waals surface area contributed by atoms with Crippen LogP contribution in [0.25, 0.3) is 11.0 Å². The smallest absolute Gasteiger partial charge is 0.322 e. The number of nitriles is 1. The molecule has 1 aromatic heterocycles. The predicted molar refractivity (Wildman–Crippen MR) is 94.9 cm³/mol. The maximum Gasteiger partial charge on any atom is 0.322 e. The molecule has 0 bridgehead atoms. The topological polar surface area (TPSA) is 74.0 Å². The van der Waals surface area contributed by atoms with E-state index in [0.29, 0.717) is 24.3 Å². The Balaban J connectivity index is 1.56. The molecule has 124 valence electrons. The molecule has 0 fully saturated rings. The highest BCUT2D eigenvalue weighted by Gasteiger charge is 2.21. The number of fused-ring (bicyclic) bond motifs is 3. The molecule has 0 radical (unpaired) electrons. The van der Waals surface area contributed by atoms with Crippen LogP contribution in [0.1, 0.15) is 17.8 Å². The van der Waals surface area contributed by atoms with E-state index in [0.717, 1.165) is 29.8 Å². The summed E-state index contributed by atoms with van der Waals surface area (Å²) in [6.45, 7) is 1.99. The standard InChI is InChI=1S/C19H17N5O/c20-12-14-5-3-6-15(11-14)21-19(25)23-9-4-10-24-17-8-2-1-7-16(17)22-18(24)13-23/h1-3,5-8,11H,4,9-10,13H2,(H,21,25). The maximum atomic E-state index is 12.6. The molecule has 3 aromatic rings. The number of carbonyl (C=O) groups is 1. The fraction of sp³-hybridized carbons (Fsp3) is 0.211. The van der Waals surface area contributed by atoms with E-state index in [1.165, 1.54) is 0 Å². The molecule has 4 rings (SSSR count). The third kappa shape index (κ3) is 2.92. The summed E-state index contributed by atoms with van der Waals surface area (Å²) in [5, 5.41) is 11.9. The summed E-state index contributed by atoms with van der Waals surface area (Å²) in [5.74, 6) is 0.902. The molecular weight excluding hydrogens is 314 g/mol. The van der Waals surface area contributed by atoms with Gasteiger partial charge in [-0.1, -0.05) is 18.2 Å². The number of para-hydroxylation sites is 2. The van der Waals surface area contributed by atoms with Crippen molar-refractivity contribution in [1.29, 1.82) is 5.26 Å². The van der Waals surface area contributed by atoms with Gasteiger partial charge in [0.15, 0.2) is 0 Å². The lowest BCUT2D eigenvalue weighted by molar-refractivity contribution is 0.209. The molecule has 6 nitrogen and oxygen atoms in total. The van der Waals surface area contributed by atoms with Crippen molar-refractivity contribution >= 4 is 22.8 Å². The van der Waals surface area contributed by atoms with E-state index < -0.39 is 0 Å². The number of hydrogen-bond acceptors (Lipinski definition) is 3. The van der Waals surface area contributed by atoms with Crippen LogP contribution in [0.4, 0.5) is 10.5 Å². The number of aromatic nitrogens is 2. The van der Waals surface area contributed by atoms with Crippen molar-refractivity contribution in [1.82, 2.24) is 14.5 Å². The second kappa shape index (κ2) is 6.29. The SMILES string of the molecule is N#Cc1cccc(NC(=O)N2CCCn3c(nc4ccccc43)C2)c1. The molecule has 1 aliphatic heterocycles. The van der Waals surface area contributed by atoms with Crippen LogP contribution >= 0.6 is 0 Å². The molecule has 0 saturated carbocycles. The molecule has 0 saturated heterocycles. The molecule has 0 unspecified atom stereocenters. The van der Waals surface area contributed by atoms with Gasteiger partial charge in [0.1, 0.15) is 5.82 Å². The molecule has 1 aliphatic rings. The summed E-state index contributed by atoms with van der Waals surface area (Å²) >= 11 is 0. The van der Waals surface area contributed by atoms with Crippen molar-refractivity contribution < 1.29 is 4.79 Å². The highest BCUT2D eigenvalue weighted by atomic mass is 16.2. The van der Waals surface area contributed by atoms with Crippen LogP contribution in [0.5, 0.6) is 0 Å². The Kier molecular flexibility index (Phi) is 3.82. The molecule has 0 atom stereocenters. The van der Waals surface area contributed by atoms with Gasteiger partial charge < -0.3 is 14.8 Å². The Labute approximate surface area is 145 Å². The minimum Gasteiger partial charge on any atom is -0.326 e. The summed E-state index contributed by atoms with van der Waals surface area (Å²) in [7, 11) is 0. The van der Waals surface area contributed by atoms with E-state index in [4.69, 9.17) is 5.26 Å². The van der Waals surface area contributed by atoms with Crippen LogP contribution in [0, 0.1) is 11.3 Å². The number of urea groups is 1. The van der Waals surface area contributed by atoms with E-state index in [9.17, 15) is 4.79 Å². The third-order valence-corrected chi connectivity index (χ3v) is 4.41. The summed E-state index contributed by atoms with van der Waals surface area (Å²) in [6.07, 6.45) is 0.874. The lowest BCUT2D eigenvalue weighted by atomic mass is 10.2. The van der Waals surface area contributed by atoms with E-state index in [1.54, 1.807) is 29.2 Å². The molecule has 0 aliphatic carbocycles. The highest BCUT2D eigenvalue weighted by Crippen LogP contribution is 2.21. The zero-order valence-corrected chi connectivity index (χ0v) is 13.6. The van der Waals surface area contributed by atoms with Crippen LogP contribution in [0.2, 0.25) is 0 Å². The Bertz CT molecular complexity index is 985. The van der Waals surface area contributed by atoms with Crippen LogP contribution < -0.4 is 5.32 Å². The average Bonchev–Trinajstić information content (AvgIpc) is 2.84. The van der Waals surface area contributed by atoms with Crippen molar-refractivity contribution in [2.24, 2.45) is 0 Å². The van der Waals surface area contributed by atoms with E-state index in [2.05, 4.69) is 27.0 Å². The number of anilines is 1. The lowest BCUT2D eigenvalue weighted by Crippen LogP contribution is -2.34. The van der Waals surface area contributed by atoms with Crippen LogP contribution in [0.15, 0.2) is 48.5 Å². The fourth-order valence-corrected chi connectivity index (χ4v) is 3.21. The zero-order chi connectivity index (χ0) is 17.2. The minimum absolute atomic E-state index is 0.171.